The van der Waals surface area contributed by atoms with Crippen LogP contribution in [-0.2, 0) is 10.0 Å². The molecule has 2 aromatic carbocycles. The molecule has 1 N–H and O–H groups in total. The first-order chi connectivity index (χ1) is 8.90. The van der Waals surface area contributed by atoms with E-state index in [0.717, 1.165) is 14.5 Å². The summed E-state index contributed by atoms with van der Waals surface area (Å²) < 4.78 is 28.6. The topological polar surface area (TPSA) is 46.2 Å². The average molecular weight is 405 g/mol. The van der Waals surface area contributed by atoms with Gasteiger partial charge in [-0.15, -0.1) is 0 Å². The van der Waals surface area contributed by atoms with Gasteiger partial charge in [-0.2, -0.15) is 0 Å². The lowest BCUT2D eigenvalue weighted by atomic mass is 10.2. The minimum absolute atomic E-state index is 0.218. The van der Waals surface area contributed by atoms with Crippen molar-refractivity contribution < 1.29 is 8.42 Å². The lowest BCUT2D eigenvalue weighted by Crippen LogP contribution is -2.13. The fourth-order valence-corrected chi connectivity index (χ4v) is 3.73. The first-order valence-corrected chi connectivity index (χ1v) is 8.50. The van der Waals surface area contributed by atoms with Crippen LogP contribution in [0.3, 0.4) is 0 Å². The van der Waals surface area contributed by atoms with Crippen LogP contribution < -0.4 is 4.72 Å². The number of sulfonamides is 1. The fraction of sp³-hybridized carbons (Fsp3) is 0.0769. The van der Waals surface area contributed by atoms with E-state index in [0.29, 0.717) is 5.69 Å². The molecule has 3 nitrogen and oxygen atoms in total. The zero-order valence-electron chi connectivity index (χ0n) is 10.0. The summed E-state index contributed by atoms with van der Waals surface area (Å²) in [6.45, 7) is 1.90. The van der Waals surface area contributed by atoms with Gasteiger partial charge in [0, 0.05) is 8.95 Å². The third-order valence-electron chi connectivity index (χ3n) is 2.54. The smallest absolute Gasteiger partial charge is 0.261 e. The molecule has 0 amide bonds. The van der Waals surface area contributed by atoms with Crippen LogP contribution in [0.1, 0.15) is 5.56 Å². The molecule has 0 spiro atoms. The Morgan fingerprint density at radius 3 is 2.42 bits per heavy atom. The van der Waals surface area contributed by atoms with Crippen molar-refractivity contribution in [3.63, 3.8) is 0 Å². The maximum Gasteiger partial charge on any atom is 0.261 e. The molecule has 0 aromatic heterocycles. The fourth-order valence-electron chi connectivity index (χ4n) is 1.56. The molecule has 0 radical (unpaired) electrons. The summed E-state index contributed by atoms with van der Waals surface area (Å²) >= 11 is 6.65. The van der Waals surface area contributed by atoms with Crippen LogP contribution in [0, 0.1) is 6.92 Å². The second kappa shape index (κ2) is 5.64. The van der Waals surface area contributed by atoms with E-state index in [1.165, 1.54) is 0 Å². The van der Waals surface area contributed by atoms with Crippen molar-refractivity contribution in [3.8, 4) is 0 Å². The lowest BCUT2D eigenvalue weighted by molar-refractivity contribution is 0.601. The van der Waals surface area contributed by atoms with Crippen molar-refractivity contribution in [3.05, 3.63) is 57.0 Å². The van der Waals surface area contributed by atoms with Gasteiger partial charge in [-0.25, -0.2) is 8.42 Å². The molecule has 0 saturated carbocycles. The van der Waals surface area contributed by atoms with Crippen LogP contribution in [0.15, 0.2) is 56.3 Å². The summed E-state index contributed by atoms with van der Waals surface area (Å²) in [5, 5.41) is 0. The molecule has 100 valence electrons. The lowest BCUT2D eigenvalue weighted by Gasteiger charge is -2.11. The Morgan fingerprint density at radius 2 is 1.74 bits per heavy atom. The third-order valence-corrected chi connectivity index (χ3v) is 5.45. The average Bonchev–Trinajstić information content (AvgIpc) is 2.35. The Hall–Kier alpha value is -0.850. The normalized spacial score (nSPS) is 11.3. The Morgan fingerprint density at radius 1 is 1.05 bits per heavy atom. The van der Waals surface area contributed by atoms with E-state index in [-0.39, 0.29) is 4.90 Å². The van der Waals surface area contributed by atoms with Gasteiger partial charge in [0.05, 0.1) is 10.6 Å². The highest BCUT2D eigenvalue weighted by Crippen LogP contribution is 2.28. The van der Waals surface area contributed by atoms with Gasteiger partial charge >= 0.3 is 0 Å². The molecule has 0 aliphatic heterocycles. The number of rotatable bonds is 3. The van der Waals surface area contributed by atoms with E-state index in [2.05, 4.69) is 36.6 Å². The monoisotopic (exact) mass is 403 g/mol. The molecule has 2 aromatic rings. The second-order valence-electron chi connectivity index (χ2n) is 4.00. The number of anilines is 1. The molecule has 0 aliphatic carbocycles. The van der Waals surface area contributed by atoms with E-state index in [9.17, 15) is 8.42 Å². The van der Waals surface area contributed by atoms with Gasteiger partial charge in [0.1, 0.15) is 0 Å². The number of halogens is 2. The van der Waals surface area contributed by atoms with Crippen LogP contribution in [0.4, 0.5) is 5.69 Å². The molecule has 0 unspecified atom stereocenters. The summed E-state index contributed by atoms with van der Waals surface area (Å²) in [7, 11) is -3.59. The Kier molecular flexibility index (Phi) is 4.32. The highest BCUT2D eigenvalue weighted by molar-refractivity contribution is 9.11. The first kappa shape index (κ1) is 14.6. The van der Waals surface area contributed by atoms with Gasteiger partial charge in [-0.3, -0.25) is 4.72 Å². The van der Waals surface area contributed by atoms with E-state index in [1.54, 1.807) is 36.4 Å². The molecule has 2 rings (SSSR count). The van der Waals surface area contributed by atoms with Crippen LogP contribution in [0.2, 0.25) is 0 Å². The summed E-state index contributed by atoms with van der Waals surface area (Å²) in [5.41, 5.74) is 1.49. The molecule has 0 saturated heterocycles. The van der Waals surface area contributed by atoms with Crippen molar-refractivity contribution in [2.45, 2.75) is 11.8 Å². The third kappa shape index (κ3) is 3.38. The van der Waals surface area contributed by atoms with Gasteiger partial charge in [0.2, 0.25) is 0 Å². The predicted octanol–water partition coefficient (Wildman–Crippen LogP) is 4.32. The van der Waals surface area contributed by atoms with E-state index in [4.69, 9.17) is 0 Å². The molecule has 0 heterocycles. The number of hydrogen-bond donors (Lipinski definition) is 1. The molecule has 0 fully saturated rings. The van der Waals surface area contributed by atoms with E-state index < -0.39 is 10.0 Å². The standard InChI is InChI=1S/C13H11Br2NO2S/c1-9-4-2-7-12(13(9)15)16-19(17,18)11-6-3-5-10(14)8-11/h2-8,16H,1H3. The number of benzene rings is 2. The highest BCUT2D eigenvalue weighted by Gasteiger charge is 2.16. The summed E-state index contributed by atoms with van der Waals surface area (Å²) in [5.74, 6) is 0. The van der Waals surface area contributed by atoms with E-state index in [1.807, 2.05) is 13.0 Å². The Bertz CT molecular complexity index is 714. The summed E-state index contributed by atoms with van der Waals surface area (Å²) in [4.78, 5) is 0.218. The Labute approximate surface area is 129 Å². The minimum Gasteiger partial charge on any atom is -0.278 e. The molecule has 0 atom stereocenters. The first-order valence-electron chi connectivity index (χ1n) is 5.43. The molecule has 6 heteroatoms. The van der Waals surface area contributed by atoms with Crippen molar-refractivity contribution >= 4 is 47.6 Å². The number of nitrogens with one attached hydrogen (secondary N) is 1. The van der Waals surface area contributed by atoms with E-state index >= 15 is 0 Å². The van der Waals surface area contributed by atoms with Crippen LogP contribution in [0.5, 0.6) is 0 Å². The summed E-state index contributed by atoms with van der Waals surface area (Å²) in [6.07, 6.45) is 0. The van der Waals surface area contributed by atoms with Crippen molar-refractivity contribution in [1.82, 2.24) is 0 Å². The van der Waals surface area contributed by atoms with Crippen LogP contribution in [0.25, 0.3) is 0 Å². The molecule has 0 aliphatic rings. The SMILES string of the molecule is Cc1cccc(NS(=O)(=O)c2cccc(Br)c2)c1Br. The maximum absolute atomic E-state index is 12.3. The van der Waals surface area contributed by atoms with Gasteiger partial charge < -0.3 is 0 Å². The summed E-state index contributed by atoms with van der Waals surface area (Å²) in [6, 6.07) is 12.0. The van der Waals surface area contributed by atoms with Crippen molar-refractivity contribution in [2.75, 3.05) is 4.72 Å². The van der Waals surface area contributed by atoms with Gasteiger partial charge in [0.25, 0.3) is 10.0 Å². The zero-order valence-corrected chi connectivity index (χ0v) is 14.0. The van der Waals surface area contributed by atoms with Gasteiger partial charge in [-0.1, -0.05) is 34.1 Å². The molecule has 19 heavy (non-hydrogen) atoms. The maximum atomic E-state index is 12.3. The van der Waals surface area contributed by atoms with Crippen LogP contribution >= 0.6 is 31.9 Å². The quantitative estimate of drug-likeness (QED) is 0.827. The molecular weight excluding hydrogens is 394 g/mol. The minimum atomic E-state index is -3.59. The molecule has 0 bridgehead atoms. The van der Waals surface area contributed by atoms with Crippen LogP contribution in [-0.4, -0.2) is 8.42 Å². The van der Waals surface area contributed by atoms with Gasteiger partial charge in [0.15, 0.2) is 0 Å². The van der Waals surface area contributed by atoms with Crippen molar-refractivity contribution in [2.24, 2.45) is 0 Å². The largest absolute Gasteiger partial charge is 0.278 e. The van der Waals surface area contributed by atoms with Gasteiger partial charge in [-0.05, 0) is 52.7 Å². The van der Waals surface area contributed by atoms with Crippen molar-refractivity contribution in [1.29, 1.82) is 0 Å². The number of hydrogen-bond acceptors (Lipinski definition) is 2. The Balaban J connectivity index is 2.39. The second-order valence-corrected chi connectivity index (χ2v) is 7.39. The zero-order chi connectivity index (χ0) is 14.0. The molecular formula is C13H11Br2NO2S. The predicted molar refractivity (Wildman–Crippen MR) is 83.8 cm³/mol. The highest BCUT2D eigenvalue weighted by atomic mass is 79.9. The number of aryl methyl sites for hydroxylation is 1.